The Kier molecular flexibility index (Phi) is 4.24. The van der Waals surface area contributed by atoms with Crippen LogP contribution < -0.4 is 5.32 Å². The maximum Gasteiger partial charge on any atom is 0.255 e. The van der Waals surface area contributed by atoms with E-state index >= 15 is 0 Å². The number of amides is 1. The van der Waals surface area contributed by atoms with E-state index < -0.39 is 0 Å². The number of pyridine rings is 1. The summed E-state index contributed by atoms with van der Waals surface area (Å²) in [5.74, 6) is 0.773. The summed E-state index contributed by atoms with van der Waals surface area (Å²) < 4.78 is 0. The van der Waals surface area contributed by atoms with Crippen molar-refractivity contribution in [3.63, 3.8) is 0 Å². The molecule has 0 radical (unpaired) electrons. The molecule has 0 bridgehead atoms. The van der Waals surface area contributed by atoms with Crippen molar-refractivity contribution in [1.29, 1.82) is 0 Å². The van der Waals surface area contributed by atoms with E-state index in [1.807, 2.05) is 26.0 Å². The molecule has 0 aromatic carbocycles. The van der Waals surface area contributed by atoms with Gasteiger partial charge in [0.25, 0.3) is 5.91 Å². The maximum atomic E-state index is 12.9. The molecule has 1 aromatic heterocycles. The van der Waals surface area contributed by atoms with Crippen LogP contribution in [-0.4, -0.2) is 41.5 Å². The van der Waals surface area contributed by atoms with Crippen LogP contribution in [0.5, 0.6) is 0 Å². The molecule has 4 heteroatoms. The van der Waals surface area contributed by atoms with Gasteiger partial charge >= 0.3 is 0 Å². The molecule has 1 atom stereocenters. The van der Waals surface area contributed by atoms with Gasteiger partial charge in [-0.15, -0.1) is 0 Å². The average Bonchev–Trinajstić information content (AvgIpc) is 3.30. The molecule has 4 nitrogen and oxygen atoms in total. The van der Waals surface area contributed by atoms with Crippen LogP contribution in [0, 0.1) is 19.8 Å². The molecule has 114 valence electrons. The standard InChI is InChI=1S/C17H25N3O/c1-12-5-8-16(13(2)19-12)17(21)20(15-6-7-15)11-14-4-3-9-18-10-14/h5,8,14-15,18H,3-4,6-7,9-11H2,1-2H3. The number of aryl methyl sites for hydroxylation is 2. The zero-order chi connectivity index (χ0) is 14.8. The second kappa shape index (κ2) is 6.14. The Labute approximate surface area is 126 Å². The van der Waals surface area contributed by atoms with Crippen LogP contribution in [0.15, 0.2) is 12.1 Å². The number of hydrogen-bond donors (Lipinski definition) is 1. The predicted molar refractivity (Wildman–Crippen MR) is 83.4 cm³/mol. The van der Waals surface area contributed by atoms with Crippen molar-refractivity contribution in [1.82, 2.24) is 15.2 Å². The SMILES string of the molecule is Cc1ccc(C(=O)N(CC2CCCNC2)C2CC2)c(C)n1. The van der Waals surface area contributed by atoms with Crippen molar-refractivity contribution >= 4 is 5.91 Å². The van der Waals surface area contributed by atoms with E-state index in [9.17, 15) is 4.79 Å². The molecule has 2 aliphatic rings. The summed E-state index contributed by atoms with van der Waals surface area (Å²) in [7, 11) is 0. The topological polar surface area (TPSA) is 45.2 Å². The van der Waals surface area contributed by atoms with Gasteiger partial charge in [0.1, 0.15) is 0 Å². The van der Waals surface area contributed by atoms with Crippen LogP contribution in [0.25, 0.3) is 0 Å². The van der Waals surface area contributed by atoms with Gasteiger partial charge in [-0.25, -0.2) is 0 Å². The molecule has 1 aliphatic heterocycles. The largest absolute Gasteiger partial charge is 0.335 e. The number of nitrogens with one attached hydrogen (secondary N) is 1. The summed E-state index contributed by atoms with van der Waals surface area (Å²) in [5.41, 5.74) is 2.60. The molecule has 1 amide bonds. The van der Waals surface area contributed by atoms with E-state index in [-0.39, 0.29) is 5.91 Å². The van der Waals surface area contributed by atoms with E-state index in [0.29, 0.717) is 12.0 Å². The van der Waals surface area contributed by atoms with Gasteiger partial charge in [0, 0.05) is 18.3 Å². The highest BCUT2D eigenvalue weighted by atomic mass is 16.2. The number of carbonyl (C=O) groups is 1. The Bertz CT molecular complexity index is 519. The van der Waals surface area contributed by atoms with E-state index in [4.69, 9.17) is 0 Å². The van der Waals surface area contributed by atoms with Gasteiger partial charge in [-0.2, -0.15) is 0 Å². The van der Waals surface area contributed by atoms with E-state index in [1.54, 1.807) is 0 Å². The smallest absolute Gasteiger partial charge is 0.255 e. The number of hydrogen-bond acceptors (Lipinski definition) is 3. The number of aromatic nitrogens is 1. The Balaban J connectivity index is 1.75. The fraction of sp³-hybridized carbons (Fsp3) is 0.647. The first kappa shape index (κ1) is 14.5. The first-order valence-electron chi connectivity index (χ1n) is 8.11. The molecule has 2 fully saturated rings. The lowest BCUT2D eigenvalue weighted by atomic mass is 9.98. The van der Waals surface area contributed by atoms with Gasteiger partial charge in [0.05, 0.1) is 11.3 Å². The molecule has 2 heterocycles. The molecule has 1 saturated carbocycles. The quantitative estimate of drug-likeness (QED) is 0.924. The van der Waals surface area contributed by atoms with E-state index in [2.05, 4.69) is 15.2 Å². The van der Waals surface area contributed by atoms with Crippen LogP contribution in [0.4, 0.5) is 0 Å². The molecule has 3 rings (SSSR count). The number of rotatable bonds is 4. The van der Waals surface area contributed by atoms with Gasteiger partial charge in [-0.05, 0) is 70.7 Å². The molecule has 1 N–H and O–H groups in total. The third-order valence-electron chi connectivity index (χ3n) is 4.56. The Morgan fingerprint density at radius 2 is 2.14 bits per heavy atom. The van der Waals surface area contributed by atoms with Crippen molar-refractivity contribution in [3.05, 3.63) is 29.1 Å². The highest BCUT2D eigenvalue weighted by molar-refractivity contribution is 5.95. The summed E-state index contributed by atoms with van der Waals surface area (Å²) in [5, 5.41) is 3.45. The fourth-order valence-electron chi connectivity index (χ4n) is 3.21. The minimum absolute atomic E-state index is 0.174. The van der Waals surface area contributed by atoms with Crippen LogP contribution in [0.1, 0.15) is 47.4 Å². The van der Waals surface area contributed by atoms with Gasteiger partial charge in [-0.3, -0.25) is 9.78 Å². The van der Waals surface area contributed by atoms with Gasteiger partial charge in [-0.1, -0.05) is 0 Å². The molecule has 1 aliphatic carbocycles. The van der Waals surface area contributed by atoms with Crippen molar-refractivity contribution < 1.29 is 4.79 Å². The van der Waals surface area contributed by atoms with Crippen molar-refractivity contribution in [2.24, 2.45) is 5.92 Å². The van der Waals surface area contributed by atoms with Crippen molar-refractivity contribution in [2.45, 2.75) is 45.6 Å². The minimum Gasteiger partial charge on any atom is -0.335 e. The summed E-state index contributed by atoms with van der Waals surface area (Å²) in [6, 6.07) is 4.34. The van der Waals surface area contributed by atoms with Crippen LogP contribution in [0.2, 0.25) is 0 Å². The highest BCUT2D eigenvalue weighted by Gasteiger charge is 2.35. The zero-order valence-electron chi connectivity index (χ0n) is 13.1. The van der Waals surface area contributed by atoms with Crippen molar-refractivity contribution in [3.8, 4) is 0 Å². The Hall–Kier alpha value is -1.42. The summed E-state index contributed by atoms with van der Waals surface area (Å²) >= 11 is 0. The normalized spacial score (nSPS) is 22.1. The first-order chi connectivity index (χ1) is 10.1. The van der Waals surface area contributed by atoms with Gasteiger partial charge in [0.2, 0.25) is 0 Å². The van der Waals surface area contributed by atoms with Gasteiger partial charge < -0.3 is 10.2 Å². The molecule has 1 saturated heterocycles. The lowest BCUT2D eigenvalue weighted by Crippen LogP contribution is -2.42. The van der Waals surface area contributed by atoms with Crippen LogP contribution >= 0.6 is 0 Å². The zero-order valence-corrected chi connectivity index (χ0v) is 13.1. The minimum atomic E-state index is 0.174. The first-order valence-corrected chi connectivity index (χ1v) is 8.11. The molecule has 0 spiro atoms. The molecule has 21 heavy (non-hydrogen) atoms. The second-order valence-electron chi connectivity index (χ2n) is 6.49. The van der Waals surface area contributed by atoms with Gasteiger partial charge in [0.15, 0.2) is 0 Å². The lowest BCUT2D eigenvalue weighted by Gasteiger charge is -2.30. The van der Waals surface area contributed by atoms with E-state index in [1.165, 1.54) is 12.8 Å². The summed E-state index contributed by atoms with van der Waals surface area (Å²) in [6.45, 7) is 6.96. The summed E-state index contributed by atoms with van der Waals surface area (Å²) in [4.78, 5) is 19.4. The third-order valence-corrected chi connectivity index (χ3v) is 4.56. The second-order valence-corrected chi connectivity index (χ2v) is 6.49. The third kappa shape index (κ3) is 3.43. The maximum absolute atomic E-state index is 12.9. The Morgan fingerprint density at radius 3 is 2.76 bits per heavy atom. The van der Waals surface area contributed by atoms with Crippen molar-refractivity contribution in [2.75, 3.05) is 19.6 Å². The van der Waals surface area contributed by atoms with Crippen LogP contribution in [-0.2, 0) is 0 Å². The summed E-state index contributed by atoms with van der Waals surface area (Å²) in [6.07, 6.45) is 4.77. The average molecular weight is 287 g/mol. The molecular weight excluding hydrogens is 262 g/mol. The molecule has 1 unspecified atom stereocenters. The predicted octanol–water partition coefficient (Wildman–Crippen LogP) is 2.30. The Morgan fingerprint density at radius 1 is 1.33 bits per heavy atom. The fourth-order valence-corrected chi connectivity index (χ4v) is 3.21. The highest BCUT2D eigenvalue weighted by Crippen LogP contribution is 2.30. The van der Waals surface area contributed by atoms with Crippen LogP contribution in [0.3, 0.4) is 0 Å². The molecular formula is C17H25N3O. The number of carbonyl (C=O) groups excluding carboxylic acids is 1. The van der Waals surface area contributed by atoms with E-state index in [0.717, 1.165) is 49.4 Å². The monoisotopic (exact) mass is 287 g/mol. The lowest BCUT2D eigenvalue weighted by molar-refractivity contribution is 0.0703. The number of nitrogens with zero attached hydrogens (tertiary/aromatic N) is 2. The molecule has 1 aromatic rings. The number of piperidine rings is 1.